The van der Waals surface area contributed by atoms with Gasteiger partial charge in [0.2, 0.25) is 0 Å². The number of nitrogens with zero attached hydrogens (tertiary/aromatic N) is 2. The number of hydrogen-bond acceptors (Lipinski definition) is 3. The number of carbonyl (C=O) groups excluding carboxylic acids is 1. The van der Waals surface area contributed by atoms with Gasteiger partial charge >= 0.3 is 5.97 Å². The van der Waals surface area contributed by atoms with Crippen molar-refractivity contribution in [3.63, 3.8) is 0 Å². The number of benzene rings is 1. The van der Waals surface area contributed by atoms with Crippen LogP contribution in [0, 0.1) is 5.92 Å². The van der Waals surface area contributed by atoms with Gasteiger partial charge in [-0.25, -0.2) is 4.79 Å². The fraction of sp³-hybridized carbons (Fsp3) is 0.400. The highest BCUT2D eigenvalue weighted by atomic mass is 16.4. The van der Waals surface area contributed by atoms with Crippen LogP contribution >= 0.6 is 0 Å². The van der Waals surface area contributed by atoms with Crippen molar-refractivity contribution in [3.05, 3.63) is 30.0 Å². The van der Waals surface area contributed by atoms with Crippen molar-refractivity contribution < 1.29 is 14.7 Å². The van der Waals surface area contributed by atoms with E-state index in [-0.39, 0.29) is 11.6 Å². The van der Waals surface area contributed by atoms with E-state index in [9.17, 15) is 14.7 Å². The lowest BCUT2D eigenvalue weighted by Crippen LogP contribution is -2.41. The van der Waals surface area contributed by atoms with Crippen LogP contribution < -0.4 is 5.32 Å². The third-order valence-corrected chi connectivity index (χ3v) is 3.28. The van der Waals surface area contributed by atoms with E-state index in [0.29, 0.717) is 11.8 Å². The highest BCUT2D eigenvalue weighted by Crippen LogP contribution is 2.17. The average Bonchev–Trinajstić information content (AvgIpc) is 2.75. The summed E-state index contributed by atoms with van der Waals surface area (Å²) in [7, 11) is 1.75. The molecule has 6 heteroatoms. The first kappa shape index (κ1) is 15.0. The van der Waals surface area contributed by atoms with Gasteiger partial charge in [0.1, 0.15) is 6.04 Å². The van der Waals surface area contributed by atoms with Crippen LogP contribution in [0.25, 0.3) is 10.9 Å². The van der Waals surface area contributed by atoms with Gasteiger partial charge in [0.25, 0.3) is 5.91 Å². The van der Waals surface area contributed by atoms with Gasteiger partial charge in [0, 0.05) is 12.4 Å². The summed E-state index contributed by atoms with van der Waals surface area (Å²) in [4.78, 5) is 23.5. The Balaban J connectivity index is 2.28. The summed E-state index contributed by atoms with van der Waals surface area (Å²) in [5, 5.41) is 16.7. The maximum atomic E-state index is 12.3. The van der Waals surface area contributed by atoms with Crippen LogP contribution in [0.15, 0.2) is 24.3 Å². The van der Waals surface area contributed by atoms with Crippen molar-refractivity contribution in [2.45, 2.75) is 26.3 Å². The van der Waals surface area contributed by atoms with Crippen LogP contribution in [0.4, 0.5) is 0 Å². The molecular formula is C15H19N3O3. The van der Waals surface area contributed by atoms with Crippen molar-refractivity contribution >= 4 is 22.8 Å². The van der Waals surface area contributed by atoms with Crippen LogP contribution in [-0.2, 0) is 11.8 Å². The number of hydrogen-bond donors (Lipinski definition) is 2. The third kappa shape index (κ3) is 3.21. The fourth-order valence-electron chi connectivity index (χ4n) is 2.30. The molecule has 112 valence electrons. The summed E-state index contributed by atoms with van der Waals surface area (Å²) < 4.78 is 1.61. The van der Waals surface area contributed by atoms with Crippen LogP contribution in [-0.4, -0.2) is 32.8 Å². The number of carboxylic acid groups (broad SMARTS) is 1. The molecule has 1 heterocycles. The lowest BCUT2D eigenvalue weighted by Gasteiger charge is -2.15. The number of carboxylic acids is 1. The summed E-state index contributed by atoms with van der Waals surface area (Å²) in [5.41, 5.74) is 1.08. The first-order chi connectivity index (χ1) is 9.90. The number of aromatic nitrogens is 2. The molecule has 21 heavy (non-hydrogen) atoms. The van der Waals surface area contributed by atoms with Crippen molar-refractivity contribution in [1.82, 2.24) is 15.1 Å². The minimum Gasteiger partial charge on any atom is -0.480 e. The molecule has 0 saturated heterocycles. The topological polar surface area (TPSA) is 84.2 Å². The minimum absolute atomic E-state index is 0.173. The molecule has 1 atom stereocenters. The summed E-state index contributed by atoms with van der Waals surface area (Å²) in [6.07, 6.45) is 0.381. The summed E-state index contributed by atoms with van der Waals surface area (Å²) in [6, 6.07) is 6.45. The van der Waals surface area contributed by atoms with E-state index in [1.54, 1.807) is 17.8 Å². The molecular weight excluding hydrogens is 270 g/mol. The van der Waals surface area contributed by atoms with E-state index in [4.69, 9.17) is 0 Å². The molecule has 0 spiro atoms. The minimum atomic E-state index is -1.03. The summed E-state index contributed by atoms with van der Waals surface area (Å²) in [5.74, 6) is -1.32. The predicted octanol–water partition coefficient (Wildman–Crippen LogP) is 1.80. The normalized spacial score (nSPS) is 12.6. The van der Waals surface area contributed by atoms with Crippen LogP contribution in [0.2, 0.25) is 0 Å². The Morgan fingerprint density at radius 3 is 2.62 bits per heavy atom. The molecule has 6 nitrogen and oxygen atoms in total. The lowest BCUT2D eigenvalue weighted by atomic mass is 10.0. The third-order valence-electron chi connectivity index (χ3n) is 3.28. The SMILES string of the molecule is CC(C)C[C@@H](NC(=O)c1nn(C)c2ccccc12)C(=O)O. The molecule has 2 N–H and O–H groups in total. The van der Waals surface area contributed by atoms with E-state index in [1.165, 1.54) is 0 Å². The van der Waals surface area contributed by atoms with Gasteiger partial charge in [0.05, 0.1) is 5.52 Å². The Hall–Kier alpha value is -2.37. The van der Waals surface area contributed by atoms with Gasteiger partial charge in [-0.1, -0.05) is 32.0 Å². The Labute approximate surface area is 122 Å². The maximum absolute atomic E-state index is 12.3. The number of nitrogens with one attached hydrogen (secondary N) is 1. The van der Waals surface area contributed by atoms with Gasteiger partial charge < -0.3 is 10.4 Å². The summed E-state index contributed by atoms with van der Waals surface area (Å²) in [6.45, 7) is 3.83. The fourth-order valence-corrected chi connectivity index (χ4v) is 2.30. The molecule has 1 amide bonds. The summed E-state index contributed by atoms with van der Waals surface area (Å²) >= 11 is 0. The van der Waals surface area contributed by atoms with Gasteiger partial charge in [-0.15, -0.1) is 0 Å². The van der Waals surface area contributed by atoms with Crippen LogP contribution in [0.5, 0.6) is 0 Å². The van der Waals surface area contributed by atoms with Crippen molar-refractivity contribution in [3.8, 4) is 0 Å². The molecule has 0 bridgehead atoms. The molecule has 0 unspecified atom stereocenters. The molecule has 2 aromatic rings. The van der Waals surface area contributed by atoms with Gasteiger partial charge in [-0.2, -0.15) is 5.10 Å². The first-order valence-corrected chi connectivity index (χ1v) is 6.85. The van der Waals surface area contributed by atoms with Crippen LogP contribution in [0.3, 0.4) is 0 Å². The number of amides is 1. The second kappa shape index (κ2) is 5.95. The largest absolute Gasteiger partial charge is 0.480 e. The molecule has 0 radical (unpaired) electrons. The number of aryl methyl sites for hydroxylation is 1. The maximum Gasteiger partial charge on any atom is 0.326 e. The van der Waals surface area contributed by atoms with E-state index >= 15 is 0 Å². The van der Waals surface area contributed by atoms with Crippen LogP contribution in [0.1, 0.15) is 30.8 Å². The highest BCUT2D eigenvalue weighted by Gasteiger charge is 2.24. The quantitative estimate of drug-likeness (QED) is 0.879. The van der Waals surface area contributed by atoms with E-state index in [1.807, 2.05) is 32.0 Å². The van der Waals surface area contributed by atoms with E-state index < -0.39 is 17.9 Å². The highest BCUT2D eigenvalue weighted by molar-refractivity contribution is 6.05. The van der Waals surface area contributed by atoms with E-state index in [2.05, 4.69) is 10.4 Å². The molecule has 1 aromatic carbocycles. The molecule has 0 aliphatic heterocycles. The Morgan fingerprint density at radius 1 is 1.33 bits per heavy atom. The monoisotopic (exact) mass is 289 g/mol. The zero-order chi connectivity index (χ0) is 15.6. The second-order valence-electron chi connectivity index (χ2n) is 5.48. The number of aliphatic carboxylic acids is 1. The van der Waals surface area contributed by atoms with Gasteiger partial charge in [0.15, 0.2) is 5.69 Å². The zero-order valence-corrected chi connectivity index (χ0v) is 12.3. The number of carbonyl (C=O) groups is 2. The Kier molecular flexibility index (Phi) is 4.26. The van der Waals surface area contributed by atoms with Crippen molar-refractivity contribution in [2.75, 3.05) is 0 Å². The molecule has 2 rings (SSSR count). The molecule has 0 aliphatic carbocycles. The van der Waals surface area contributed by atoms with Crippen molar-refractivity contribution in [2.24, 2.45) is 13.0 Å². The molecule has 0 fully saturated rings. The van der Waals surface area contributed by atoms with Gasteiger partial charge in [-0.3, -0.25) is 9.48 Å². The Bertz CT molecular complexity index is 676. The smallest absolute Gasteiger partial charge is 0.326 e. The molecule has 0 saturated carbocycles. The first-order valence-electron chi connectivity index (χ1n) is 6.85. The van der Waals surface area contributed by atoms with Gasteiger partial charge in [-0.05, 0) is 18.4 Å². The Morgan fingerprint density at radius 2 is 2.00 bits per heavy atom. The van der Waals surface area contributed by atoms with E-state index in [0.717, 1.165) is 5.52 Å². The zero-order valence-electron chi connectivity index (χ0n) is 12.3. The number of rotatable bonds is 5. The number of para-hydroxylation sites is 1. The predicted molar refractivity (Wildman–Crippen MR) is 79.1 cm³/mol. The average molecular weight is 289 g/mol. The van der Waals surface area contributed by atoms with Crippen molar-refractivity contribution in [1.29, 1.82) is 0 Å². The molecule has 1 aromatic heterocycles. The standard InChI is InChI=1S/C15H19N3O3/c1-9(2)8-11(15(20)21)16-14(19)13-10-6-4-5-7-12(10)18(3)17-13/h4-7,9,11H,8H2,1-3H3,(H,16,19)(H,20,21)/t11-/m1/s1. The lowest BCUT2D eigenvalue weighted by molar-refractivity contribution is -0.139. The number of fused-ring (bicyclic) bond motifs is 1. The molecule has 0 aliphatic rings. The second-order valence-corrected chi connectivity index (χ2v) is 5.48.